The molecular weight excluding hydrogens is 548 g/mol. The van der Waals surface area contributed by atoms with Crippen LogP contribution in [0.25, 0.3) is 16.7 Å². The fourth-order valence-electron chi connectivity index (χ4n) is 5.39. The second-order valence-corrected chi connectivity index (χ2v) is 12.5. The highest BCUT2D eigenvalue weighted by Gasteiger charge is 2.29. The molecule has 0 amide bonds. The fraction of sp³-hybridized carbons (Fsp3) is 0.281. The Kier molecular flexibility index (Phi) is 7.66. The summed E-state index contributed by atoms with van der Waals surface area (Å²) >= 11 is 0. The Morgan fingerprint density at radius 2 is 1.57 bits per heavy atom. The predicted molar refractivity (Wildman–Crippen MR) is 164 cm³/mol. The molecule has 0 saturated carbocycles. The van der Waals surface area contributed by atoms with Gasteiger partial charge in [0.15, 0.2) is 5.65 Å². The van der Waals surface area contributed by atoms with Gasteiger partial charge in [-0.1, -0.05) is 48.0 Å². The highest BCUT2D eigenvalue weighted by Crippen LogP contribution is 2.31. The second kappa shape index (κ2) is 11.5. The minimum atomic E-state index is -3.65. The number of hydrogen-bond acceptors (Lipinski definition) is 7. The van der Waals surface area contributed by atoms with Gasteiger partial charge in [0.25, 0.3) is 0 Å². The van der Waals surface area contributed by atoms with Gasteiger partial charge >= 0.3 is 0 Å². The molecule has 0 spiro atoms. The van der Waals surface area contributed by atoms with E-state index in [1.54, 1.807) is 35.7 Å². The maximum Gasteiger partial charge on any atom is 0.243 e. The lowest BCUT2D eigenvalue weighted by molar-refractivity contribution is 0.413. The summed E-state index contributed by atoms with van der Waals surface area (Å²) in [5.41, 5.74) is 4.83. The summed E-state index contributed by atoms with van der Waals surface area (Å²) in [6.45, 7) is 5.99. The van der Waals surface area contributed by atoms with E-state index in [9.17, 15) is 8.42 Å². The van der Waals surface area contributed by atoms with Gasteiger partial charge in [0.1, 0.15) is 17.4 Å². The maximum absolute atomic E-state index is 13.5. The fourth-order valence-corrected chi connectivity index (χ4v) is 6.86. The van der Waals surface area contributed by atoms with Crippen LogP contribution in [-0.4, -0.2) is 65.8 Å². The summed E-state index contributed by atoms with van der Waals surface area (Å²) in [5.74, 6) is 2.12. The van der Waals surface area contributed by atoms with Gasteiger partial charge in [-0.15, -0.1) is 0 Å². The van der Waals surface area contributed by atoms with Crippen molar-refractivity contribution in [2.75, 3.05) is 38.2 Å². The Morgan fingerprint density at radius 3 is 2.29 bits per heavy atom. The van der Waals surface area contributed by atoms with Crippen molar-refractivity contribution in [1.82, 2.24) is 24.1 Å². The smallest absolute Gasteiger partial charge is 0.243 e. The molecule has 0 N–H and O–H groups in total. The first-order valence-electron chi connectivity index (χ1n) is 14.1. The third-order valence-electron chi connectivity index (χ3n) is 7.66. The largest absolute Gasteiger partial charge is 0.497 e. The molecule has 3 heterocycles. The summed E-state index contributed by atoms with van der Waals surface area (Å²) < 4.78 is 35.7. The van der Waals surface area contributed by atoms with Crippen molar-refractivity contribution in [2.24, 2.45) is 0 Å². The number of rotatable bonds is 7. The van der Waals surface area contributed by atoms with Crippen LogP contribution in [0.15, 0.2) is 83.8 Å². The van der Waals surface area contributed by atoms with Crippen LogP contribution in [0.4, 0.5) is 5.82 Å². The van der Waals surface area contributed by atoms with Crippen LogP contribution in [0.1, 0.15) is 29.1 Å². The molecule has 9 nitrogen and oxygen atoms in total. The van der Waals surface area contributed by atoms with Gasteiger partial charge in [0.2, 0.25) is 10.0 Å². The second-order valence-electron chi connectivity index (χ2n) is 10.6. The number of sulfonamides is 1. The van der Waals surface area contributed by atoms with Crippen molar-refractivity contribution in [3.8, 4) is 11.4 Å². The molecule has 0 aliphatic carbocycles. The topological polar surface area (TPSA) is 93.5 Å². The molecule has 2 aromatic heterocycles. The molecule has 216 valence electrons. The van der Waals surface area contributed by atoms with E-state index in [0.717, 1.165) is 33.8 Å². The van der Waals surface area contributed by atoms with Crippen molar-refractivity contribution in [2.45, 2.75) is 31.6 Å². The zero-order chi connectivity index (χ0) is 29.3. The molecule has 1 aliphatic rings. The van der Waals surface area contributed by atoms with Crippen LogP contribution >= 0.6 is 0 Å². The molecule has 0 atom stereocenters. The first kappa shape index (κ1) is 27.9. The number of aryl methyl sites for hydroxylation is 2. The molecule has 5 aromatic rings. The molecule has 0 unspecified atom stereocenters. The summed E-state index contributed by atoms with van der Waals surface area (Å²) in [4.78, 5) is 12.6. The summed E-state index contributed by atoms with van der Waals surface area (Å²) in [5, 5.41) is 5.76. The predicted octanol–water partition coefficient (Wildman–Crippen LogP) is 4.93. The van der Waals surface area contributed by atoms with E-state index in [1.807, 2.05) is 41.9 Å². The normalized spacial score (nSPS) is 14.7. The Morgan fingerprint density at radius 1 is 0.833 bits per heavy atom. The average Bonchev–Trinajstić information content (AvgIpc) is 3.17. The lowest BCUT2D eigenvalue weighted by Crippen LogP contribution is -2.35. The van der Waals surface area contributed by atoms with Crippen molar-refractivity contribution in [3.63, 3.8) is 0 Å². The Hall–Kier alpha value is -4.28. The number of methoxy groups -OCH3 is 1. The standard InChI is InChI=1S/C32H34N6O3S/c1-23-10-12-25(13-11-23)22-29-33-31(30-24(2)35-38(32(30)34-29)26-8-5-4-6-9-26)36-18-7-19-37(21-20-36)42(39,40)28-16-14-27(41-3)15-17-28/h4-6,8-17H,7,18-22H2,1-3H3. The Labute approximate surface area is 246 Å². The van der Waals surface area contributed by atoms with E-state index < -0.39 is 10.0 Å². The number of nitrogens with zero attached hydrogens (tertiary/aromatic N) is 6. The SMILES string of the molecule is COc1ccc(S(=O)(=O)N2CCCN(c3nc(Cc4ccc(C)cc4)nc4c3c(C)nn4-c3ccccc3)CC2)cc1. The van der Waals surface area contributed by atoms with Crippen molar-refractivity contribution in [3.05, 3.63) is 102 Å². The third-order valence-corrected chi connectivity index (χ3v) is 9.58. The molecular formula is C32H34N6O3S. The van der Waals surface area contributed by atoms with Gasteiger partial charge in [0.05, 0.1) is 28.8 Å². The van der Waals surface area contributed by atoms with Gasteiger partial charge in [-0.25, -0.2) is 23.1 Å². The van der Waals surface area contributed by atoms with E-state index in [4.69, 9.17) is 19.8 Å². The number of fused-ring (bicyclic) bond motifs is 1. The van der Waals surface area contributed by atoms with Gasteiger partial charge in [0, 0.05) is 32.6 Å². The first-order chi connectivity index (χ1) is 20.3. The van der Waals surface area contributed by atoms with Gasteiger partial charge < -0.3 is 9.64 Å². The number of benzene rings is 3. The van der Waals surface area contributed by atoms with E-state index in [1.165, 1.54) is 5.56 Å². The van der Waals surface area contributed by atoms with Crippen LogP contribution in [-0.2, 0) is 16.4 Å². The molecule has 0 bridgehead atoms. The Balaban J connectivity index is 1.37. The summed E-state index contributed by atoms with van der Waals surface area (Å²) in [6, 6.07) is 24.9. The maximum atomic E-state index is 13.5. The summed E-state index contributed by atoms with van der Waals surface area (Å²) in [7, 11) is -2.09. The van der Waals surface area contributed by atoms with Crippen molar-refractivity contribution < 1.29 is 13.2 Å². The van der Waals surface area contributed by atoms with Gasteiger partial charge in [-0.3, -0.25) is 0 Å². The highest BCUT2D eigenvalue weighted by atomic mass is 32.2. The van der Waals surface area contributed by atoms with Crippen molar-refractivity contribution >= 4 is 26.9 Å². The zero-order valence-electron chi connectivity index (χ0n) is 24.1. The van der Waals surface area contributed by atoms with E-state index >= 15 is 0 Å². The molecule has 42 heavy (non-hydrogen) atoms. The van der Waals surface area contributed by atoms with Crippen LogP contribution in [0.5, 0.6) is 5.75 Å². The first-order valence-corrected chi connectivity index (χ1v) is 15.5. The van der Waals surface area contributed by atoms with Crippen LogP contribution < -0.4 is 9.64 Å². The van der Waals surface area contributed by atoms with E-state index in [-0.39, 0.29) is 4.90 Å². The highest BCUT2D eigenvalue weighted by molar-refractivity contribution is 7.89. The molecule has 0 radical (unpaired) electrons. The molecule has 6 rings (SSSR count). The minimum Gasteiger partial charge on any atom is -0.497 e. The van der Waals surface area contributed by atoms with Gasteiger partial charge in [-0.2, -0.15) is 9.40 Å². The van der Waals surface area contributed by atoms with Crippen molar-refractivity contribution in [1.29, 1.82) is 0 Å². The van der Waals surface area contributed by atoms with Crippen LogP contribution in [0, 0.1) is 13.8 Å². The van der Waals surface area contributed by atoms with Crippen LogP contribution in [0.2, 0.25) is 0 Å². The number of anilines is 1. The third kappa shape index (κ3) is 5.47. The monoisotopic (exact) mass is 582 g/mol. The average molecular weight is 583 g/mol. The quantitative estimate of drug-likeness (QED) is 0.269. The van der Waals surface area contributed by atoms with Gasteiger partial charge in [-0.05, 0) is 62.2 Å². The van der Waals surface area contributed by atoms with E-state index in [2.05, 4.69) is 36.1 Å². The summed E-state index contributed by atoms with van der Waals surface area (Å²) in [6.07, 6.45) is 1.24. The molecule has 10 heteroatoms. The molecule has 1 fully saturated rings. The molecule has 1 aliphatic heterocycles. The zero-order valence-corrected chi connectivity index (χ0v) is 24.9. The molecule has 1 saturated heterocycles. The van der Waals surface area contributed by atoms with E-state index in [0.29, 0.717) is 50.6 Å². The number of aromatic nitrogens is 4. The number of hydrogen-bond donors (Lipinski definition) is 0. The molecule has 3 aromatic carbocycles. The minimum absolute atomic E-state index is 0.265. The lowest BCUT2D eigenvalue weighted by Gasteiger charge is -2.24. The Bertz CT molecular complexity index is 1800. The lowest BCUT2D eigenvalue weighted by atomic mass is 10.1. The number of ether oxygens (including phenoxy) is 1. The van der Waals surface area contributed by atoms with Crippen LogP contribution in [0.3, 0.4) is 0 Å². The number of para-hydroxylation sites is 1.